The molecule has 0 atom stereocenters. The van der Waals surface area contributed by atoms with E-state index in [0.717, 1.165) is 4.90 Å². The van der Waals surface area contributed by atoms with E-state index < -0.39 is 5.97 Å². The maximum atomic E-state index is 12.5. The average molecular weight is 348 g/mol. The monoisotopic (exact) mass is 348 g/mol. The van der Waals surface area contributed by atoms with Crippen molar-refractivity contribution in [1.82, 2.24) is 9.88 Å². The van der Waals surface area contributed by atoms with Crippen molar-refractivity contribution in [2.45, 2.75) is 31.3 Å². The molecule has 1 aromatic carbocycles. The number of thioether (sulfide) groups is 1. The average Bonchev–Trinajstić information content (AvgIpc) is 3.06. The summed E-state index contributed by atoms with van der Waals surface area (Å²) in [6.45, 7) is 4.06. The Morgan fingerprint density at radius 1 is 1.29 bits per heavy atom. The van der Waals surface area contributed by atoms with Crippen LogP contribution < -0.4 is 0 Å². The fraction of sp³-hybridized carbons (Fsp3) is 0.353. The van der Waals surface area contributed by atoms with Gasteiger partial charge in [0.25, 0.3) is 0 Å². The highest BCUT2D eigenvalue weighted by atomic mass is 32.2. The van der Waals surface area contributed by atoms with E-state index >= 15 is 0 Å². The molecule has 0 unspecified atom stereocenters. The van der Waals surface area contributed by atoms with Gasteiger partial charge in [-0.25, -0.2) is 9.78 Å². The third-order valence-electron chi connectivity index (χ3n) is 3.30. The number of hydrogen-bond acceptors (Lipinski definition) is 6. The molecule has 0 aliphatic carbocycles. The number of methoxy groups -OCH3 is 1. The van der Waals surface area contributed by atoms with Crippen LogP contribution in [0.1, 0.15) is 30.2 Å². The van der Waals surface area contributed by atoms with Crippen molar-refractivity contribution >= 4 is 23.6 Å². The van der Waals surface area contributed by atoms with Crippen molar-refractivity contribution in [2.24, 2.45) is 0 Å². The smallest absolute Gasteiger partial charge is 0.360 e. The van der Waals surface area contributed by atoms with Crippen molar-refractivity contribution < 1.29 is 18.7 Å². The second-order valence-electron chi connectivity index (χ2n) is 5.34. The maximum absolute atomic E-state index is 12.5. The minimum atomic E-state index is -0.563. The minimum absolute atomic E-state index is 0.0117. The topological polar surface area (TPSA) is 72.6 Å². The number of nitrogens with zero attached hydrogens (tertiary/aromatic N) is 2. The fourth-order valence-corrected chi connectivity index (χ4v) is 2.84. The molecule has 1 aromatic heterocycles. The lowest BCUT2D eigenvalue weighted by Crippen LogP contribution is -2.37. The van der Waals surface area contributed by atoms with E-state index in [0.29, 0.717) is 11.6 Å². The second kappa shape index (κ2) is 8.54. The summed E-state index contributed by atoms with van der Waals surface area (Å²) in [5.74, 6) is 0.0538. The van der Waals surface area contributed by atoms with Gasteiger partial charge >= 0.3 is 5.97 Å². The van der Waals surface area contributed by atoms with Crippen LogP contribution in [0, 0.1) is 0 Å². The summed E-state index contributed by atoms with van der Waals surface area (Å²) in [5, 5.41) is 0. The molecule has 0 radical (unpaired) electrons. The highest BCUT2D eigenvalue weighted by molar-refractivity contribution is 8.00. The lowest BCUT2D eigenvalue weighted by molar-refractivity contribution is -0.131. The van der Waals surface area contributed by atoms with Crippen LogP contribution in [0.5, 0.6) is 0 Å². The van der Waals surface area contributed by atoms with Crippen LogP contribution in [0.25, 0.3) is 0 Å². The molecule has 1 heterocycles. The first-order chi connectivity index (χ1) is 11.5. The SMILES string of the molecule is COC(=O)c1coc(CN(C(=O)CSc2ccccc2)C(C)C)n1. The van der Waals surface area contributed by atoms with Crippen LogP contribution in [0.4, 0.5) is 0 Å². The Balaban J connectivity index is 1.99. The summed E-state index contributed by atoms with van der Waals surface area (Å²) in [5.41, 5.74) is 0.0994. The van der Waals surface area contributed by atoms with Gasteiger partial charge in [-0.2, -0.15) is 0 Å². The molecule has 2 rings (SSSR count). The van der Waals surface area contributed by atoms with Gasteiger partial charge in [0.05, 0.1) is 19.4 Å². The van der Waals surface area contributed by atoms with Crippen LogP contribution in [0.3, 0.4) is 0 Å². The van der Waals surface area contributed by atoms with Gasteiger partial charge in [-0.1, -0.05) is 18.2 Å². The molecule has 7 heteroatoms. The van der Waals surface area contributed by atoms with Gasteiger partial charge in [-0.3, -0.25) is 4.79 Å². The summed E-state index contributed by atoms with van der Waals surface area (Å²) < 4.78 is 9.86. The standard InChI is InChI=1S/C17H20N2O4S/c1-12(2)19(9-15-18-14(10-23-15)17(21)22-3)16(20)11-24-13-7-5-4-6-8-13/h4-8,10,12H,9,11H2,1-3H3. The first-order valence-corrected chi connectivity index (χ1v) is 8.50. The van der Waals surface area contributed by atoms with Gasteiger partial charge in [0.2, 0.25) is 11.8 Å². The highest BCUT2D eigenvalue weighted by Gasteiger charge is 2.21. The van der Waals surface area contributed by atoms with Crippen molar-refractivity contribution in [3.63, 3.8) is 0 Å². The van der Waals surface area contributed by atoms with Gasteiger partial charge in [0.15, 0.2) is 5.69 Å². The van der Waals surface area contributed by atoms with Gasteiger partial charge in [-0.05, 0) is 26.0 Å². The Morgan fingerprint density at radius 3 is 2.62 bits per heavy atom. The molecule has 0 saturated heterocycles. The van der Waals surface area contributed by atoms with Crippen LogP contribution in [0.15, 0.2) is 45.9 Å². The highest BCUT2D eigenvalue weighted by Crippen LogP contribution is 2.19. The first kappa shape index (κ1) is 18.1. The van der Waals surface area contributed by atoms with Gasteiger partial charge in [-0.15, -0.1) is 11.8 Å². The second-order valence-corrected chi connectivity index (χ2v) is 6.38. The molecule has 0 spiro atoms. The Labute approximate surface area is 145 Å². The van der Waals surface area contributed by atoms with E-state index in [1.807, 2.05) is 44.2 Å². The molecule has 6 nitrogen and oxygen atoms in total. The Morgan fingerprint density at radius 2 is 2.00 bits per heavy atom. The van der Waals surface area contributed by atoms with Gasteiger partial charge in [0, 0.05) is 10.9 Å². The summed E-state index contributed by atoms with van der Waals surface area (Å²) in [6, 6.07) is 9.74. The largest absolute Gasteiger partial charge is 0.464 e. The predicted molar refractivity (Wildman–Crippen MR) is 90.7 cm³/mol. The molecule has 128 valence electrons. The number of oxazole rings is 1. The third kappa shape index (κ3) is 4.86. The lowest BCUT2D eigenvalue weighted by Gasteiger charge is -2.25. The van der Waals surface area contributed by atoms with E-state index in [1.165, 1.54) is 25.1 Å². The quantitative estimate of drug-likeness (QED) is 0.566. The molecule has 0 aliphatic rings. The van der Waals surface area contributed by atoms with E-state index in [1.54, 1.807) is 4.90 Å². The normalized spacial score (nSPS) is 10.7. The summed E-state index contributed by atoms with van der Waals surface area (Å²) in [7, 11) is 1.28. The third-order valence-corrected chi connectivity index (χ3v) is 4.30. The van der Waals surface area contributed by atoms with Crippen LogP contribution in [-0.4, -0.2) is 40.7 Å². The summed E-state index contributed by atoms with van der Waals surface area (Å²) >= 11 is 1.48. The number of carbonyl (C=O) groups is 2. The lowest BCUT2D eigenvalue weighted by atomic mass is 10.3. The first-order valence-electron chi connectivity index (χ1n) is 7.51. The Bertz CT molecular complexity index is 685. The van der Waals surface area contributed by atoms with Crippen LogP contribution >= 0.6 is 11.8 Å². The molecule has 0 saturated carbocycles. The Kier molecular flexibility index (Phi) is 6.43. The maximum Gasteiger partial charge on any atom is 0.360 e. The van der Waals surface area contributed by atoms with E-state index in [2.05, 4.69) is 9.72 Å². The van der Waals surface area contributed by atoms with E-state index in [-0.39, 0.29) is 24.2 Å². The molecular formula is C17H20N2O4S. The van der Waals surface area contributed by atoms with Gasteiger partial charge < -0.3 is 14.1 Å². The summed E-state index contributed by atoms with van der Waals surface area (Å²) in [6.07, 6.45) is 1.24. The number of hydrogen-bond donors (Lipinski definition) is 0. The predicted octanol–water partition coefficient (Wildman–Crippen LogP) is 2.99. The minimum Gasteiger partial charge on any atom is -0.464 e. The number of ether oxygens (including phenoxy) is 1. The Hall–Kier alpha value is -2.28. The molecule has 2 aromatic rings. The number of amides is 1. The number of esters is 1. The van der Waals surface area contributed by atoms with E-state index in [4.69, 9.17) is 4.42 Å². The van der Waals surface area contributed by atoms with Crippen molar-refractivity contribution in [1.29, 1.82) is 0 Å². The zero-order chi connectivity index (χ0) is 17.5. The fourth-order valence-electron chi connectivity index (χ4n) is 2.03. The summed E-state index contributed by atoms with van der Waals surface area (Å²) in [4.78, 5) is 30.7. The van der Waals surface area contributed by atoms with E-state index in [9.17, 15) is 9.59 Å². The molecule has 0 N–H and O–H groups in total. The molecule has 0 aliphatic heterocycles. The molecule has 24 heavy (non-hydrogen) atoms. The zero-order valence-electron chi connectivity index (χ0n) is 13.9. The van der Waals surface area contributed by atoms with Crippen LogP contribution in [0.2, 0.25) is 0 Å². The van der Waals surface area contributed by atoms with Gasteiger partial charge in [0.1, 0.15) is 6.26 Å². The number of aromatic nitrogens is 1. The number of benzene rings is 1. The molecule has 0 bridgehead atoms. The van der Waals surface area contributed by atoms with Crippen LogP contribution in [-0.2, 0) is 16.1 Å². The van der Waals surface area contributed by atoms with Crippen molar-refractivity contribution in [2.75, 3.05) is 12.9 Å². The molecule has 1 amide bonds. The molecular weight excluding hydrogens is 328 g/mol. The zero-order valence-corrected chi connectivity index (χ0v) is 14.7. The number of carbonyl (C=O) groups excluding carboxylic acids is 2. The molecule has 0 fully saturated rings. The van der Waals surface area contributed by atoms with Crippen molar-refractivity contribution in [3.8, 4) is 0 Å². The number of rotatable bonds is 7. The van der Waals surface area contributed by atoms with Crippen molar-refractivity contribution in [3.05, 3.63) is 48.2 Å².